The Morgan fingerprint density at radius 3 is 2.58 bits per heavy atom. The number of nitrogens with one attached hydrogen (secondary N) is 1. The Hall–Kier alpha value is -0.0400. The minimum Gasteiger partial charge on any atom is -0.314 e. The second-order valence-electron chi connectivity index (χ2n) is 4.91. The summed E-state index contributed by atoms with van der Waals surface area (Å²) in [7, 11) is 0. The first-order valence-electron chi connectivity index (χ1n) is 5.50. The van der Waals surface area contributed by atoms with E-state index in [1.165, 1.54) is 32.2 Å². The molecule has 1 N–H and O–H groups in total. The van der Waals surface area contributed by atoms with E-state index in [1.807, 2.05) is 0 Å². The van der Waals surface area contributed by atoms with Gasteiger partial charge in [-0.3, -0.25) is 0 Å². The topological polar surface area (TPSA) is 12.0 Å². The van der Waals surface area contributed by atoms with Crippen LogP contribution in [0.3, 0.4) is 0 Å². The largest absolute Gasteiger partial charge is 0.314 e. The molecule has 0 aromatic heterocycles. The molecule has 0 spiro atoms. The van der Waals surface area contributed by atoms with Gasteiger partial charge in [-0.2, -0.15) is 0 Å². The maximum absolute atomic E-state index is 3.54. The molecule has 2 atom stereocenters. The normalized spacial score (nSPS) is 35.2. The molecule has 2 rings (SSSR count). The highest BCUT2D eigenvalue weighted by Gasteiger charge is 2.44. The van der Waals surface area contributed by atoms with Crippen LogP contribution < -0.4 is 5.32 Å². The van der Waals surface area contributed by atoms with Crippen LogP contribution in [0.2, 0.25) is 0 Å². The van der Waals surface area contributed by atoms with Crippen molar-refractivity contribution in [3.8, 4) is 0 Å². The summed E-state index contributed by atoms with van der Waals surface area (Å²) in [4.78, 5) is 0. The van der Waals surface area contributed by atoms with Gasteiger partial charge in [0.05, 0.1) is 0 Å². The van der Waals surface area contributed by atoms with Gasteiger partial charge in [-0.25, -0.2) is 0 Å². The summed E-state index contributed by atoms with van der Waals surface area (Å²) in [5.41, 5.74) is 0. The molecular weight excluding hydrogens is 146 g/mol. The minimum atomic E-state index is 0.674. The standard InChI is InChI=1S/C11H21N/c1-8(2)12-7-10-6-11(10)9-4-3-5-9/h8-12H,3-7H2,1-2H3. The molecule has 2 fully saturated rings. The van der Waals surface area contributed by atoms with E-state index in [2.05, 4.69) is 19.2 Å². The van der Waals surface area contributed by atoms with Crippen molar-refractivity contribution >= 4 is 0 Å². The van der Waals surface area contributed by atoms with Crippen LogP contribution in [0.15, 0.2) is 0 Å². The fourth-order valence-electron chi connectivity index (χ4n) is 2.34. The second-order valence-corrected chi connectivity index (χ2v) is 4.91. The molecular formula is C11H21N. The van der Waals surface area contributed by atoms with Crippen LogP contribution in [0.5, 0.6) is 0 Å². The Balaban J connectivity index is 1.60. The van der Waals surface area contributed by atoms with Crippen LogP contribution >= 0.6 is 0 Å². The van der Waals surface area contributed by atoms with E-state index in [1.54, 1.807) is 0 Å². The third-order valence-electron chi connectivity index (χ3n) is 3.52. The molecule has 0 amide bonds. The zero-order chi connectivity index (χ0) is 8.55. The molecule has 2 saturated carbocycles. The molecule has 0 bridgehead atoms. The molecule has 2 unspecified atom stereocenters. The fourth-order valence-corrected chi connectivity index (χ4v) is 2.34. The minimum absolute atomic E-state index is 0.674. The molecule has 12 heavy (non-hydrogen) atoms. The van der Waals surface area contributed by atoms with Crippen molar-refractivity contribution < 1.29 is 0 Å². The summed E-state index contributed by atoms with van der Waals surface area (Å²) >= 11 is 0. The van der Waals surface area contributed by atoms with E-state index in [4.69, 9.17) is 0 Å². The van der Waals surface area contributed by atoms with Gasteiger partial charge in [-0.15, -0.1) is 0 Å². The Morgan fingerprint density at radius 2 is 2.08 bits per heavy atom. The molecule has 2 aliphatic carbocycles. The predicted octanol–water partition coefficient (Wildman–Crippen LogP) is 2.42. The van der Waals surface area contributed by atoms with Crippen LogP contribution in [0.1, 0.15) is 39.5 Å². The molecule has 70 valence electrons. The first kappa shape index (κ1) is 8.55. The Morgan fingerprint density at radius 1 is 1.33 bits per heavy atom. The smallest absolute Gasteiger partial charge is 0.00104 e. The van der Waals surface area contributed by atoms with Crippen molar-refractivity contribution in [3.63, 3.8) is 0 Å². The first-order valence-corrected chi connectivity index (χ1v) is 5.50. The Kier molecular flexibility index (Phi) is 2.40. The Bertz CT molecular complexity index is 149. The quantitative estimate of drug-likeness (QED) is 0.678. The highest BCUT2D eigenvalue weighted by atomic mass is 14.9. The van der Waals surface area contributed by atoms with Gasteiger partial charge >= 0.3 is 0 Å². The highest BCUT2D eigenvalue weighted by molar-refractivity contribution is 4.95. The summed E-state index contributed by atoms with van der Waals surface area (Å²) in [6.07, 6.45) is 6.08. The van der Waals surface area contributed by atoms with Gasteiger partial charge in [0.15, 0.2) is 0 Å². The SMILES string of the molecule is CC(C)NCC1CC1C1CCC1. The molecule has 1 heteroatoms. The lowest BCUT2D eigenvalue weighted by atomic mass is 9.81. The highest BCUT2D eigenvalue weighted by Crippen LogP contribution is 2.51. The lowest BCUT2D eigenvalue weighted by Crippen LogP contribution is -2.26. The van der Waals surface area contributed by atoms with Gasteiger partial charge in [-0.05, 0) is 30.7 Å². The van der Waals surface area contributed by atoms with Gasteiger partial charge in [0.25, 0.3) is 0 Å². The third kappa shape index (κ3) is 1.82. The van der Waals surface area contributed by atoms with Crippen molar-refractivity contribution in [2.45, 2.75) is 45.6 Å². The van der Waals surface area contributed by atoms with E-state index >= 15 is 0 Å². The number of hydrogen-bond donors (Lipinski definition) is 1. The lowest BCUT2D eigenvalue weighted by molar-refractivity contribution is 0.263. The molecule has 2 aliphatic rings. The molecule has 0 aliphatic heterocycles. The molecule has 1 nitrogen and oxygen atoms in total. The molecule has 0 aromatic rings. The van der Waals surface area contributed by atoms with Gasteiger partial charge in [0.1, 0.15) is 0 Å². The molecule has 0 radical (unpaired) electrons. The van der Waals surface area contributed by atoms with Crippen LogP contribution in [-0.4, -0.2) is 12.6 Å². The van der Waals surface area contributed by atoms with Crippen molar-refractivity contribution in [3.05, 3.63) is 0 Å². The van der Waals surface area contributed by atoms with E-state index in [0.717, 1.165) is 17.8 Å². The first-order chi connectivity index (χ1) is 5.77. The van der Waals surface area contributed by atoms with Crippen molar-refractivity contribution in [2.24, 2.45) is 17.8 Å². The zero-order valence-corrected chi connectivity index (χ0v) is 8.34. The van der Waals surface area contributed by atoms with Crippen LogP contribution in [-0.2, 0) is 0 Å². The van der Waals surface area contributed by atoms with Gasteiger partial charge < -0.3 is 5.32 Å². The third-order valence-corrected chi connectivity index (χ3v) is 3.52. The van der Waals surface area contributed by atoms with E-state index in [-0.39, 0.29) is 0 Å². The van der Waals surface area contributed by atoms with Gasteiger partial charge in [0.2, 0.25) is 0 Å². The summed E-state index contributed by atoms with van der Waals surface area (Å²) < 4.78 is 0. The summed E-state index contributed by atoms with van der Waals surface area (Å²) in [6.45, 7) is 5.75. The number of hydrogen-bond acceptors (Lipinski definition) is 1. The van der Waals surface area contributed by atoms with E-state index in [0.29, 0.717) is 6.04 Å². The summed E-state index contributed by atoms with van der Waals surface area (Å²) in [5.74, 6) is 3.28. The molecule has 0 aromatic carbocycles. The van der Waals surface area contributed by atoms with Crippen molar-refractivity contribution in [1.29, 1.82) is 0 Å². The lowest BCUT2D eigenvalue weighted by Gasteiger charge is -2.25. The van der Waals surface area contributed by atoms with E-state index < -0.39 is 0 Å². The van der Waals surface area contributed by atoms with Crippen LogP contribution in [0.25, 0.3) is 0 Å². The zero-order valence-electron chi connectivity index (χ0n) is 8.34. The summed E-state index contributed by atoms with van der Waals surface area (Å²) in [5, 5.41) is 3.54. The second kappa shape index (κ2) is 3.37. The number of rotatable bonds is 4. The maximum Gasteiger partial charge on any atom is 0.00104 e. The van der Waals surface area contributed by atoms with Gasteiger partial charge in [-0.1, -0.05) is 33.1 Å². The van der Waals surface area contributed by atoms with Gasteiger partial charge in [0, 0.05) is 6.04 Å². The maximum atomic E-state index is 3.54. The Labute approximate surface area is 75.9 Å². The molecule has 0 saturated heterocycles. The van der Waals surface area contributed by atoms with Crippen molar-refractivity contribution in [2.75, 3.05) is 6.54 Å². The van der Waals surface area contributed by atoms with Crippen LogP contribution in [0.4, 0.5) is 0 Å². The monoisotopic (exact) mass is 167 g/mol. The average Bonchev–Trinajstić information content (AvgIpc) is 2.60. The summed E-state index contributed by atoms with van der Waals surface area (Å²) in [6, 6.07) is 0.674. The molecule has 0 heterocycles. The van der Waals surface area contributed by atoms with Crippen molar-refractivity contribution in [1.82, 2.24) is 5.32 Å². The van der Waals surface area contributed by atoms with Crippen LogP contribution in [0, 0.1) is 17.8 Å². The fraction of sp³-hybridized carbons (Fsp3) is 1.00. The van der Waals surface area contributed by atoms with E-state index in [9.17, 15) is 0 Å². The average molecular weight is 167 g/mol. The predicted molar refractivity (Wildman–Crippen MR) is 52.1 cm³/mol.